The molecule has 0 amide bonds. The van der Waals surface area contributed by atoms with E-state index in [0.29, 0.717) is 12.1 Å². The fraction of sp³-hybridized carbons (Fsp3) is 0.696. The van der Waals surface area contributed by atoms with Crippen LogP contribution in [0.1, 0.15) is 52.5 Å². The van der Waals surface area contributed by atoms with Crippen molar-refractivity contribution < 1.29 is 9.13 Å². The van der Waals surface area contributed by atoms with Gasteiger partial charge in [0.2, 0.25) is 0 Å². The topological polar surface area (TPSA) is 48.9 Å². The summed E-state index contributed by atoms with van der Waals surface area (Å²) in [6, 6.07) is 8.02. The lowest BCUT2D eigenvalue weighted by Crippen LogP contribution is -2.48. The monoisotopic (exact) mass is 406 g/mol. The maximum absolute atomic E-state index is 13.4. The molecule has 2 rings (SSSR count). The Morgan fingerprint density at radius 2 is 1.72 bits per heavy atom. The largest absolute Gasteiger partial charge is 0.381 e. The molecule has 1 aliphatic heterocycles. The quantitative estimate of drug-likeness (QED) is 0.374. The Balaban J connectivity index is 1.89. The molecule has 0 saturated carbocycles. The number of halogens is 1. The van der Waals surface area contributed by atoms with E-state index in [4.69, 9.17) is 4.74 Å². The maximum atomic E-state index is 13.4. The number of hydrogen-bond donors (Lipinski definition) is 2. The molecule has 0 spiro atoms. The summed E-state index contributed by atoms with van der Waals surface area (Å²) in [7, 11) is 1.80. The Labute approximate surface area is 176 Å². The van der Waals surface area contributed by atoms with Gasteiger partial charge in [-0.15, -0.1) is 0 Å². The first-order chi connectivity index (χ1) is 13.9. The van der Waals surface area contributed by atoms with Gasteiger partial charge < -0.3 is 15.4 Å². The Hall–Kier alpha value is -1.66. The highest BCUT2D eigenvalue weighted by Gasteiger charge is 2.34. The molecule has 1 aromatic rings. The number of benzene rings is 1. The third-order valence-electron chi connectivity index (χ3n) is 5.94. The van der Waals surface area contributed by atoms with Crippen LogP contribution in [-0.4, -0.2) is 62.8 Å². The highest BCUT2D eigenvalue weighted by molar-refractivity contribution is 5.79. The summed E-state index contributed by atoms with van der Waals surface area (Å²) >= 11 is 0. The number of hydrogen-bond acceptors (Lipinski definition) is 3. The molecule has 0 unspecified atom stereocenters. The van der Waals surface area contributed by atoms with Gasteiger partial charge in [0.1, 0.15) is 5.82 Å². The van der Waals surface area contributed by atoms with E-state index in [-0.39, 0.29) is 11.2 Å². The van der Waals surface area contributed by atoms with E-state index in [2.05, 4.69) is 48.2 Å². The molecule has 2 N–H and O–H groups in total. The lowest BCUT2D eigenvalue weighted by atomic mass is 9.74. The van der Waals surface area contributed by atoms with Crippen molar-refractivity contribution >= 4 is 5.96 Å². The van der Waals surface area contributed by atoms with Crippen LogP contribution in [0.4, 0.5) is 4.39 Å². The Morgan fingerprint density at radius 1 is 1.10 bits per heavy atom. The first-order valence-corrected chi connectivity index (χ1v) is 10.9. The fourth-order valence-electron chi connectivity index (χ4n) is 4.19. The average molecular weight is 407 g/mol. The van der Waals surface area contributed by atoms with Gasteiger partial charge in [-0.05, 0) is 64.7 Å². The van der Waals surface area contributed by atoms with Crippen molar-refractivity contribution in [1.29, 1.82) is 0 Å². The van der Waals surface area contributed by atoms with Gasteiger partial charge in [0.05, 0.1) is 0 Å². The number of nitrogens with one attached hydrogen (secondary N) is 2. The van der Waals surface area contributed by atoms with Crippen LogP contribution in [0.2, 0.25) is 0 Å². The summed E-state index contributed by atoms with van der Waals surface area (Å²) in [5.41, 5.74) is 1.10. The van der Waals surface area contributed by atoms with Crippen molar-refractivity contribution in [3.63, 3.8) is 0 Å². The smallest absolute Gasteiger partial charge is 0.191 e. The van der Waals surface area contributed by atoms with E-state index in [1.165, 1.54) is 0 Å². The van der Waals surface area contributed by atoms with Gasteiger partial charge in [-0.25, -0.2) is 4.39 Å². The lowest BCUT2D eigenvalue weighted by molar-refractivity contribution is 0.0513. The standard InChI is InChI=1S/C23H39FN4O/c1-18(2)28(19(3)4)14-6-13-26-22(25-5)27-17-23(11-15-29-16-12-23)20-7-9-21(24)10-8-20/h7-10,18-19H,6,11-17H2,1-5H3,(H2,25,26,27). The summed E-state index contributed by atoms with van der Waals surface area (Å²) < 4.78 is 19.0. The third kappa shape index (κ3) is 6.96. The summed E-state index contributed by atoms with van der Waals surface area (Å²) in [6.45, 7) is 13.1. The van der Waals surface area contributed by atoms with Crippen LogP contribution in [0.25, 0.3) is 0 Å². The zero-order valence-electron chi connectivity index (χ0n) is 18.8. The normalized spacial score (nSPS) is 17.2. The summed E-state index contributed by atoms with van der Waals surface area (Å²) in [5, 5.41) is 6.94. The second-order valence-corrected chi connectivity index (χ2v) is 8.53. The first-order valence-electron chi connectivity index (χ1n) is 10.9. The van der Waals surface area contributed by atoms with E-state index in [1.807, 2.05) is 12.1 Å². The zero-order valence-corrected chi connectivity index (χ0v) is 18.8. The average Bonchev–Trinajstić information content (AvgIpc) is 2.70. The fourth-order valence-corrected chi connectivity index (χ4v) is 4.19. The highest BCUT2D eigenvalue weighted by Crippen LogP contribution is 2.34. The van der Waals surface area contributed by atoms with Crippen LogP contribution in [0, 0.1) is 5.82 Å². The van der Waals surface area contributed by atoms with E-state index in [0.717, 1.165) is 63.6 Å². The van der Waals surface area contributed by atoms with Gasteiger partial charge in [0.15, 0.2) is 5.96 Å². The summed E-state index contributed by atoms with van der Waals surface area (Å²) in [6.07, 6.45) is 2.90. The SMILES string of the molecule is CN=C(NCCCN(C(C)C)C(C)C)NCC1(c2ccc(F)cc2)CCOCC1. The second kappa shape index (κ2) is 11.5. The first kappa shape index (κ1) is 23.6. The van der Waals surface area contributed by atoms with E-state index in [9.17, 15) is 4.39 Å². The van der Waals surface area contributed by atoms with Crippen LogP contribution in [0.15, 0.2) is 29.3 Å². The molecule has 0 atom stereocenters. The molecule has 0 radical (unpaired) electrons. The number of aliphatic imine (C=N–C) groups is 1. The van der Waals surface area contributed by atoms with E-state index < -0.39 is 0 Å². The molecule has 1 saturated heterocycles. The van der Waals surface area contributed by atoms with Gasteiger partial charge in [0.25, 0.3) is 0 Å². The Kier molecular flexibility index (Phi) is 9.37. The summed E-state index contributed by atoms with van der Waals surface area (Å²) in [5.74, 6) is 0.622. The predicted molar refractivity (Wildman–Crippen MR) is 119 cm³/mol. The number of guanidine groups is 1. The second-order valence-electron chi connectivity index (χ2n) is 8.53. The van der Waals surface area contributed by atoms with Crippen LogP contribution >= 0.6 is 0 Å². The Morgan fingerprint density at radius 3 is 2.28 bits per heavy atom. The Bertz CT molecular complexity index is 616. The number of ether oxygens (including phenoxy) is 1. The molecule has 5 nitrogen and oxygen atoms in total. The van der Waals surface area contributed by atoms with Crippen molar-refractivity contribution in [2.24, 2.45) is 4.99 Å². The van der Waals surface area contributed by atoms with Gasteiger partial charge >= 0.3 is 0 Å². The van der Waals surface area contributed by atoms with Gasteiger partial charge in [-0.1, -0.05) is 12.1 Å². The van der Waals surface area contributed by atoms with Gasteiger partial charge in [-0.2, -0.15) is 0 Å². The third-order valence-corrected chi connectivity index (χ3v) is 5.94. The van der Waals surface area contributed by atoms with Gasteiger partial charge in [-0.3, -0.25) is 9.89 Å². The minimum Gasteiger partial charge on any atom is -0.381 e. The minimum atomic E-state index is -0.196. The zero-order chi connectivity index (χ0) is 21.3. The molecule has 29 heavy (non-hydrogen) atoms. The predicted octanol–water partition coefficient (Wildman–Crippen LogP) is 3.55. The van der Waals surface area contributed by atoms with Crippen molar-refractivity contribution in [2.75, 3.05) is 39.9 Å². The molecule has 0 aliphatic carbocycles. The van der Waals surface area contributed by atoms with Gasteiger partial charge in [0, 0.05) is 57.4 Å². The molecular formula is C23H39FN4O. The van der Waals surface area contributed by atoms with Crippen LogP contribution in [-0.2, 0) is 10.2 Å². The van der Waals surface area contributed by atoms with E-state index in [1.54, 1.807) is 19.2 Å². The van der Waals surface area contributed by atoms with Crippen molar-refractivity contribution in [2.45, 2.75) is 64.5 Å². The molecule has 1 aliphatic rings. The summed E-state index contributed by atoms with van der Waals surface area (Å²) in [4.78, 5) is 6.89. The molecule has 0 bridgehead atoms. The maximum Gasteiger partial charge on any atom is 0.191 e. The van der Waals surface area contributed by atoms with Crippen LogP contribution in [0.3, 0.4) is 0 Å². The lowest BCUT2D eigenvalue weighted by Gasteiger charge is -2.38. The molecule has 164 valence electrons. The van der Waals surface area contributed by atoms with Crippen molar-refractivity contribution in [1.82, 2.24) is 15.5 Å². The highest BCUT2D eigenvalue weighted by atomic mass is 19.1. The van der Waals surface area contributed by atoms with E-state index >= 15 is 0 Å². The van der Waals surface area contributed by atoms with Crippen molar-refractivity contribution in [3.05, 3.63) is 35.6 Å². The number of rotatable bonds is 9. The molecule has 1 fully saturated rings. The van der Waals surface area contributed by atoms with Crippen molar-refractivity contribution in [3.8, 4) is 0 Å². The molecule has 6 heteroatoms. The molecule has 1 aromatic carbocycles. The minimum absolute atomic E-state index is 0.0599. The molecule has 0 aromatic heterocycles. The molecular weight excluding hydrogens is 367 g/mol. The number of nitrogens with zero attached hydrogens (tertiary/aromatic N) is 2. The molecule has 1 heterocycles. The van der Waals surface area contributed by atoms with Crippen LogP contribution < -0.4 is 10.6 Å². The van der Waals surface area contributed by atoms with Crippen LogP contribution in [0.5, 0.6) is 0 Å².